The molecule has 0 bridgehead atoms. The van der Waals surface area contributed by atoms with Crippen molar-refractivity contribution in [2.24, 2.45) is 0 Å². The molecule has 1 aromatic rings. The molecule has 0 radical (unpaired) electrons. The van der Waals surface area contributed by atoms with Crippen molar-refractivity contribution in [1.29, 1.82) is 0 Å². The van der Waals surface area contributed by atoms with Gasteiger partial charge in [-0.25, -0.2) is 9.59 Å². The zero-order valence-corrected chi connectivity index (χ0v) is 9.94. The molecule has 3 N–H and O–H groups in total. The number of nitrogen functional groups attached to an aromatic ring is 1. The average molecular weight is 321 g/mol. The smallest absolute Gasteiger partial charge is 0.340 e. The van der Waals surface area contributed by atoms with Crippen LogP contribution in [0.15, 0.2) is 12.1 Å². The van der Waals surface area contributed by atoms with E-state index in [-0.39, 0.29) is 16.8 Å². The Labute approximate surface area is 99.4 Å². The lowest BCUT2D eigenvalue weighted by atomic mass is 10.1. The second-order valence-electron chi connectivity index (χ2n) is 2.71. The van der Waals surface area contributed by atoms with Gasteiger partial charge < -0.3 is 15.6 Å². The number of carbonyl (C=O) groups is 2. The van der Waals surface area contributed by atoms with Crippen molar-refractivity contribution in [2.45, 2.75) is 0 Å². The highest BCUT2D eigenvalue weighted by Crippen LogP contribution is 2.22. The summed E-state index contributed by atoms with van der Waals surface area (Å²) in [7, 11) is 1.17. The SMILES string of the molecule is COC(=O)c1c(N)cc(I)cc1C(=O)O. The van der Waals surface area contributed by atoms with Crippen molar-refractivity contribution in [3.05, 3.63) is 26.8 Å². The summed E-state index contributed by atoms with van der Waals surface area (Å²) in [4.78, 5) is 22.2. The van der Waals surface area contributed by atoms with Crippen molar-refractivity contribution in [3.63, 3.8) is 0 Å². The monoisotopic (exact) mass is 321 g/mol. The van der Waals surface area contributed by atoms with Crippen LogP contribution in [0.4, 0.5) is 5.69 Å². The van der Waals surface area contributed by atoms with Gasteiger partial charge in [-0.15, -0.1) is 0 Å². The van der Waals surface area contributed by atoms with Crippen molar-refractivity contribution in [2.75, 3.05) is 12.8 Å². The molecule has 0 saturated heterocycles. The Balaban J connectivity index is 3.46. The number of rotatable bonds is 2. The fourth-order valence-corrected chi connectivity index (χ4v) is 1.77. The molecule has 5 nitrogen and oxygen atoms in total. The number of esters is 1. The summed E-state index contributed by atoms with van der Waals surface area (Å²) in [6.45, 7) is 0. The molecule has 0 aromatic heterocycles. The van der Waals surface area contributed by atoms with Crippen LogP contribution in [-0.4, -0.2) is 24.2 Å². The maximum atomic E-state index is 11.3. The number of halogens is 1. The number of nitrogens with two attached hydrogens (primary N) is 1. The number of anilines is 1. The number of benzene rings is 1. The molecule has 0 heterocycles. The van der Waals surface area contributed by atoms with Crippen LogP contribution < -0.4 is 5.73 Å². The third kappa shape index (κ3) is 2.38. The standard InChI is InChI=1S/C9H8INO4/c1-15-9(14)7-5(8(12)13)2-4(10)3-6(7)11/h2-3H,11H2,1H3,(H,12,13). The molecule has 6 heteroatoms. The molecule has 0 aliphatic rings. The molecule has 15 heavy (non-hydrogen) atoms. The summed E-state index contributed by atoms with van der Waals surface area (Å²) in [6, 6.07) is 2.88. The second-order valence-corrected chi connectivity index (χ2v) is 3.96. The molecule has 80 valence electrons. The van der Waals surface area contributed by atoms with Crippen LogP contribution in [0.25, 0.3) is 0 Å². The molecular formula is C9H8INO4. The predicted octanol–water partition coefficient (Wildman–Crippen LogP) is 1.36. The Bertz CT molecular complexity index is 430. The molecular weight excluding hydrogens is 313 g/mol. The Morgan fingerprint density at radius 3 is 2.53 bits per heavy atom. The molecule has 1 aromatic carbocycles. The number of aromatic carboxylic acids is 1. The highest BCUT2D eigenvalue weighted by atomic mass is 127. The number of ether oxygens (including phenoxy) is 1. The van der Waals surface area contributed by atoms with Crippen molar-refractivity contribution < 1.29 is 19.4 Å². The van der Waals surface area contributed by atoms with Gasteiger partial charge in [0.15, 0.2) is 0 Å². The van der Waals surface area contributed by atoms with E-state index in [4.69, 9.17) is 10.8 Å². The number of hydrogen-bond acceptors (Lipinski definition) is 4. The van der Waals surface area contributed by atoms with E-state index in [1.807, 2.05) is 22.6 Å². The summed E-state index contributed by atoms with van der Waals surface area (Å²) in [6.07, 6.45) is 0. The van der Waals surface area contributed by atoms with Gasteiger partial charge in [-0.3, -0.25) is 0 Å². The summed E-state index contributed by atoms with van der Waals surface area (Å²) in [5.41, 5.74) is 5.42. The Morgan fingerprint density at radius 1 is 1.47 bits per heavy atom. The van der Waals surface area contributed by atoms with Gasteiger partial charge in [-0.05, 0) is 34.7 Å². The third-order valence-corrected chi connectivity index (χ3v) is 2.38. The van der Waals surface area contributed by atoms with E-state index >= 15 is 0 Å². The van der Waals surface area contributed by atoms with Gasteiger partial charge in [0, 0.05) is 9.26 Å². The summed E-state index contributed by atoms with van der Waals surface area (Å²) < 4.78 is 5.11. The van der Waals surface area contributed by atoms with Gasteiger partial charge >= 0.3 is 11.9 Å². The maximum Gasteiger partial charge on any atom is 0.340 e. The molecule has 0 saturated carbocycles. The molecule has 0 aliphatic heterocycles. The first kappa shape index (κ1) is 11.8. The van der Waals surface area contributed by atoms with Crippen LogP contribution in [0.3, 0.4) is 0 Å². The van der Waals surface area contributed by atoms with E-state index in [2.05, 4.69) is 4.74 Å². The zero-order valence-electron chi connectivity index (χ0n) is 7.78. The molecule has 0 unspecified atom stereocenters. The molecule has 0 fully saturated rings. The first-order valence-electron chi connectivity index (χ1n) is 3.88. The number of carboxylic acid groups (broad SMARTS) is 1. The Hall–Kier alpha value is -1.31. The van der Waals surface area contributed by atoms with Crippen LogP contribution >= 0.6 is 22.6 Å². The number of carbonyl (C=O) groups excluding carboxylic acids is 1. The van der Waals surface area contributed by atoms with Crippen LogP contribution in [0.5, 0.6) is 0 Å². The van der Waals surface area contributed by atoms with Crippen molar-refractivity contribution in [1.82, 2.24) is 0 Å². The lowest BCUT2D eigenvalue weighted by molar-refractivity contribution is 0.0584. The molecule has 0 amide bonds. The minimum atomic E-state index is -1.21. The summed E-state index contributed by atoms with van der Waals surface area (Å²) in [5.74, 6) is -1.96. The van der Waals surface area contributed by atoms with Crippen LogP contribution in [0.2, 0.25) is 0 Å². The highest BCUT2D eigenvalue weighted by Gasteiger charge is 2.20. The van der Waals surface area contributed by atoms with E-state index in [0.29, 0.717) is 3.57 Å². The van der Waals surface area contributed by atoms with Gasteiger partial charge in [0.1, 0.15) is 0 Å². The number of hydrogen-bond donors (Lipinski definition) is 2. The summed E-state index contributed by atoms with van der Waals surface area (Å²) in [5, 5.41) is 8.89. The van der Waals surface area contributed by atoms with E-state index < -0.39 is 11.9 Å². The minimum absolute atomic E-state index is 0.103. The quantitative estimate of drug-likeness (QED) is 0.488. The molecule has 1 rings (SSSR count). The maximum absolute atomic E-state index is 11.3. The fourth-order valence-electron chi connectivity index (χ4n) is 1.13. The van der Waals surface area contributed by atoms with Gasteiger partial charge in [0.05, 0.1) is 18.2 Å². The number of methoxy groups -OCH3 is 1. The van der Waals surface area contributed by atoms with Crippen LogP contribution in [-0.2, 0) is 4.74 Å². The van der Waals surface area contributed by atoms with E-state index in [1.165, 1.54) is 19.2 Å². The van der Waals surface area contributed by atoms with Gasteiger partial charge in [-0.1, -0.05) is 0 Å². The third-order valence-electron chi connectivity index (χ3n) is 1.75. The first-order chi connectivity index (χ1) is 6.97. The highest BCUT2D eigenvalue weighted by molar-refractivity contribution is 14.1. The van der Waals surface area contributed by atoms with Gasteiger partial charge in [0.2, 0.25) is 0 Å². The number of carboxylic acids is 1. The van der Waals surface area contributed by atoms with Crippen LogP contribution in [0, 0.1) is 3.57 Å². The first-order valence-corrected chi connectivity index (χ1v) is 4.96. The minimum Gasteiger partial charge on any atom is -0.478 e. The largest absolute Gasteiger partial charge is 0.478 e. The van der Waals surface area contributed by atoms with Gasteiger partial charge in [0.25, 0.3) is 0 Å². The summed E-state index contributed by atoms with van der Waals surface area (Å²) >= 11 is 1.92. The van der Waals surface area contributed by atoms with Crippen molar-refractivity contribution in [3.8, 4) is 0 Å². The topological polar surface area (TPSA) is 89.6 Å². The van der Waals surface area contributed by atoms with Gasteiger partial charge in [-0.2, -0.15) is 0 Å². The Morgan fingerprint density at radius 2 is 2.07 bits per heavy atom. The van der Waals surface area contributed by atoms with E-state index in [0.717, 1.165) is 0 Å². The second kappa shape index (κ2) is 4.47. The zero-order chi connectivity index (χ0) is 11.6. The normalized spacial score (nSPS) is 9.73. The molecule has 0 aliphatic carbocycles. The lowest BCUT2D eigenvalue weighted by Gasteiger charge is -2.07. The lowest BCUT2D eigenvalue weighted by Crippen LogP contribution is -2.13. The van der Waals surface area contributed by atoms with Crippen molar-refractivity contribution >= 4 is 40.2 Å². The predicted molar refractivity (Wildman–Crippen MR) is 61.9 cm³/mol. The average Bonchev–Trinajstić information content (AvgIpc) is 2.15. The fraction of sp³-hybridized carbons (Fsp3) is 0.111. The Kier molecular flexibility index (Phi) is 3.51. The van der Waals surface area contributed by atoms with E-state index in [1.54, 1.807) is 0 Å². The molecule has 0 spiro atoms. The molecule has 0 atom stereocenters. The van der Waals surface area contributed by atoms with Crippen LogP contribution in [0.1, 0.15) is 20.7 Å². The van der Waals surface area contributed by atoms with E-state index in [9.17, 15) is 9.59 Å².